The summed E-state index contributed by atoms with van der Waals surface area (Å²) in [6, 6.07) is 14.8. The summed E-state index contributed by atoms with van der Waals surface area (Å²) in [5, 5.41) is 5.79. The van der Waals surface area contributed by atoms with E-state index in [0.29, 0.717) is 12.1 Å². The molecule has 25 heavy (non-hydrogen) atoms. The van der Waals surface area contributed by atoms with E-state index in [1.165, 1.54) is 5.56 Å². The third kappa shape index (κ3) is 5.18. The summed E-state index contributed by atoms with van der Waals surface area (Å²) in [6.45, 7) is 8.21. The fourth-order valence-corrected chi connectivity index (χ4v) is 2.59. The first-order valence-corrected chi connectivity index (χ1v) is 8.58. The van der Waals surface area contributed by atoms with Gasteiger partial charge in [0.1, 0.15) is 6.04 Å². The molecule has 0 saturated carbocycles. The van der Waals surface area contributed by atoms with Crippen molar-refractivity contribution in [2.24, 2.45) is 5.92 Å². The molecule has 2 N–H and O–H groups in total. The minimum absolute atomic E-state index is 0.00835. The van der Waals surface area contributed by atoms with Crippen molar-refractivity contribution in [3.05, 3.63) is 70.8 Å². The molecule has 0 bridgehead atoms. The summed E-state index contributed by atoms with van der Waals surface area (Å²) in [5.41, 5.74) is 3.70. The van der Waals surface area contributed by atoms with Crippen LogP contribution < -0.4 is 10.6 Å². The Kier molecular flexibility index (Phi) is 6.34. The van der Waals surface area contributed by atoms with Crippen LogP contribution in [0.3, 0.4) is 0 Å². The van der Waals surface area contributed by atoms with E-state index in [2.05, 4.69) is 10.6 Å². The van der Waals surface area contributed by atoms with Gasteiger partial charge in [0.25, 0.3) is 5.91 Å². The molecule has 2 aromatic rings. The highest BCUT2D eigenvalue weighted by Gasteiger charge is 2.24. The van der Waals surface area contributed by atoms with Gasteiger partial charge in [0, 0.05) is 12.1 Å². The number of nitrogens with one attached hydrogen (secondary N) is 2. The maximum atomic E-state index is 12.6. The van der Waals surface area contributed by atoms with Crippen LogP contribution in [0.1, 0.15) is 40.9 Å². The Labute approximate surface area is 149 Å². The molecular formula is C21H26N2O2. The lowest BCUT2D eigenvalue weighted by atomic mass is 10.0. The van der Waals surface area contributed by atoms with Gasteiger partial charge in [0.15, 0.2) is 0 Å². The molecule has 2 rings (SSSR count). The van der Waals surface area contributed by atoms with Crippen molar-refractivity contribution in [1.29, 1.82) is 0 Å². The Morgan fingerprint density at radius 2 is 1.60 bits per heavy atom. The quantitative estimate of drug-likeness (QED) is 0.848. The summed E-state index contributed by atoms with van der Waals surface area (Å²) in [6.07, 6.45) is 0. The van der Waals surface area contributed by atoms with E-state index in [1.54, 1.807) is 6.07 Å². The van der Waals surface area contributed by atoms with Gasteiger partial charge >= 0.3 is 0 Å². The van der Waals surface area contributed by atoms with Crippen molar-refractivity contribution in [1.82, 2.24) is 10.6 Å². The molecule has 4 heteroatoms. The van der Waals surface area contributed by atoms with Gasteiger partial charge in [0.05, 0.1) is 0 Å². The first-order chi connectivity index (χ1) is 11.9. The van der Waals surface area contributed by atoms with Gasteiger partial charge in [-0.15, -0.1) is 0 Å². The van der Waals surface area contributed by atoms with Gasteiger partial charge < -0.3 is 10.6 Å². The molecule has 0 unspecified atom stereocenters. The van der Waals surface area contributed by atoms with Gasteiger partial charge in [-0.25, -0.2) is 0 Å². The van der Waals surface area contributed by atoms with E-state index < -0.39 is 6.04 Å². The maximum Gasteiger partial charge on any atom is 0.252 e. The topological polar surface area (TPSA) is 58.2 Å². The summed E-state index contributed by atoms with van der Waals surface area (Å²) in [5.74, 6) is -0.397. The van der Waals surface area contributed by atoms with Crippen LogP contribution in [-0.2, 0) is 11.3 Å². The maximum absolute atomic E-state index is 12.6. The van der Waals surface area contributed by atoms with Crippen LogP contribution in [0, 0.1) is 19.8 Å². The van der Waals surface area contributed by atoms with Crippen LogP contribution in [0.4, 0.5) is 0 Å². The first-order valence-electron chi connectivity index (χ1n) is 8.58. The zero-order chi connectivity index (χ0) is 18.4. The van der Waals surface area contributed by atoms with Crippen LogP contribution in [0.15, 0.2) is 48.5 Å². The molecule has 0 spiro atoms. The number of hydrogen-bond donors (Lipinski definition) is 2. The Bertz CT molecular complexity index is 736. The molecule has 0 fully saturated rings. The van der Waals surface area contributed by atoms with Gasteiger partial charge in [-0.2, -0.15) is 0 Å². The normalized spacial score (nSPS) is 11.9. The minimum atomic E-state index is -0.572. The molecule has 0 heterocycles. The molecular weight excluding hydrogens is 312 g/mol. The number of carbonyl (C=O) groups is 2. The van der Waals surface area contributed by atoms with Crippen molar-refractivity contribution >= 4 is 11.8 Å². The lowest BCUT2D eigenvalue weighted by Gasteiger charge is -2.22. The van der Waals surface area contributed by atoms with Crippen LogP contribution in [0.5, 0.6) is 0 Å². The third-order valence-electron chi connectivity index (χ3n) is 4.21. The summed E-state index contributed by atoms with van der Waals surface area (Å²) < 4.78 is 0. The van der Waals surface area contributed by atoms with E-state index in [0.717, 1.165) is 11.1 Å². The molecule has 2 amide bonds. The molecule has 1 atom stereocenters. The highest BCUT2D eigenvalue weighted by molar-refractivity contribution is 5.98. The van der Waals surface area contributed by atoms with Crippen molar-refractivity contribution in [3.63, 3.8) is 0 Å². The van der Waals surface area contributed by atoms with Crippen molar-refractivity contribution < 1.29 is 9.59 Å². The SMILES string of the molecule is Cc1ccc(CNC(=O)[C@@H](NC(=O)c2ccccc2C)C(C)C)cc1. The smallest absolute Gasteiger partial charge is 0.252 e. The van der Waals surface area contributed by atoms with E-state index in [4.69, 9.17) is 0 Å². The van der Waals surface area contributed by atoms with Gasteiger partial charge in [0.2, 0.25) is 5.91 Å². The number of amides is 2. The summed E-state index contributed by atoms with van der Waals surface area (Å²) >= 11 is 0. The Hall–Kier alpha value is -2.62. The highest BCUT2D eigenvalue weighted by atomic mass is 16.2. The predicted molar refractivity (Wildman–Crippen MR) is 100 cm³/mol. The number of rotatable bonds is 6. The average Bonchev–Trinajstić information content (AvgIpc) is 2.58. The molecule has 0 aliphatic heterocycles. The Balaban J connectivity index is 2.01. The highest BCUT2D eigenvalue weighted by Crippen LogP contribution is 2.10. The van der Waals surface area contributed by atoms with Crippen molar-refractivity contribution in [3.8, 4) is 0 Å². The second kappa shape index (κ2) is 8.47. The number of aryl methyl sites for hydroxylation is 2. The third-order valence-corrected chi connectivity index (χ3v) is 4.21. The van der Waals surface area contributed by atoms with Crippen molar-refractivity contribution in [2.75, 3.05) is 0 Å². The van der Waals surface area contributed by atoms with Gasteiger partial charge in [-0.05, 0) is 37.0 Å². The fourth-order valence-electron chi connectivity index (χ4n) is 2.59. The molecule has 2 aromatic carbocycles. The van der Waals surface area contributed by atoms with E-state index in [1.807, 2.05) is 70.2 Å². The Morgan fingerprint density at radius 3 is 2.20 bits per heavy atom. The lowest BCUT2D eigenvalue weighted by Crippen LogP contribution is -2.49. The minimum Gasteiger partial charge on any atom is -0.350 e. The van der Waals surface area contributed by atoms with Crippen LogP contribution in [-0.4, -0.2) is 17.9 Å². The second-order valence-corrected chi connectivity index (χ2v) is 6.71. The van der Waals surface area contributed by atoms with Crippen molar-refractivity contribution in [2.45, 2.75) is 40.3 Å². The molecule has 0 saturated heterocycles. The summed E-state index contributed by atoms with van der Waals surface area (Å²) in [7, 11) is 0. The predicted octanol–water partition coefficient (Wildman–Crippen LogP) is 3.37. The lowest BCUT2D eigenvalue weighted by molar-refractivity contribution is -0.124. The zero-order valence-electron chi connectivity index (χ0n) is 15.3. The molecule has 0 aromatic heterocycles. The fraction of sp³-hybridized carbons (Fsp3) is 0.333. The van der Waals surface area contributed by atoms with Crippen LogP contribution in [0.25, 0.3) is 0 Å². The van der Waals surface area contributed by atoms with Gasteiger partial charge in [-0.1, -0.05) is 61.9 Å². The van der Waals surface area contributed by atoms with E-state index in [-0.39, 0.29) is 17.7 Å². The second-order valence-electron chi connectivity index (χ2n) is 6.71. The average molecular weight is 338 g/mol. The molecule has 0 aliphatic carbocycles. The van der Waals surface area contributed by atoms with E-state index >= 15 is 0 Å². The van der Waals surface area contributed by atoms with E-state index in [9.17, 15) is 9.59 Å². The van der Waals surface area contributed by atoms with Gasteiger partial charge in [-0.3, -0.25) is 9.59 Å². The van der Waals surface area contributed by atoms with Crippen LogP contribution >= 0.6 is 0 Å². The number of carbonyl (C=O) groups excluding carboxylic acids is 2. The molecule has 0 radical (unpaired) electrons. The molecule has 0 aliphatic rings. The largest absolute Gasteiger partial charge is 0.350 e. The summed E-state index contributed by atoms with van der Waals surface area (Å²) in [4.78, 5) is 25.1. The zero-order valence-corrected chi connectivity index (χ0v) is 15.3. The first kappa shape index (κ1) is 18.7. The molecule has 4 nitrogen and oxygen atoms in total. The Morgan fingerprint density at radius 1 is 0.960 bits per heavy atom. The monoisotopic (exact) mass is 338 g/mol. The number of hydrogen-bond acceptors (Lipinski definition) is 2. The number of benzene rings is 2. The molecule has 132 valence electrons. The van der Waals surface area contributed by atoms with Crippen LogP contribution in [0.2, 0.25) is 0 Å². The standard InChI is InChI=1S/C21H26N2O2/c1-14(2)19(23-20(24)18-8-6-5-7-16(18)4)21(25)22-13-17-11-9-15(3)10-12-17/h5-12,14,19H,13H2,1-4H3,(H,22,25)(H,23,24)/t19-/m0/s1.